The molecule has 1 heteroatoms. The first-order chi connectivity index (χ1) is 9.22. The lowest BCUT2D eigenvalue weighted by Gasteiger charge is -2.11. The number of hydrogen-bond acceptors (Lipinski definition) is 0. The van der Waals surface area contributed by atoms with Crippen LogP contribution < -0.4 is 0 Å². The second kappa shape index (κ2) is 4.51. The van der Waals surface area contributed by atoms with Gasteiger partial charge in [0.1, 0.15) is 5.82 Å². The molecular weight excluding hydrogens is 235 g/mol. The van der Waals surface area contributed by atoms with Gasteiger partial charge in [0.05, 0.1) is 0 Å². The highest BCUT2D eigenvalue weighted by Gasteiger charge is 2.11. The van der Waals surface area contributed by atoms with Crippen LogP contribution in [0.1, 0.15) is 18.9 Å². The fourth-order valence-corrected chi connectivity index (χ4v) is 2.55. The lowest BCUT2D eigenvalue weighted by molar-refractivity contribution is 0.651. The van der Waals surface area contributed by atoms with Crippen LogP contribution in [-0.2, 0) is 0 Å². The summed E-state index contributed by atoms with van der Waals surface area (Å²) >= 11 is 0. The Morgan fingerprint density at radius 2 is 1.79 bits per heavy atom. The maximum Gasteiger partial charge on any atom is 0.139 e. The number of benzene rings is 3. The van der Waals surface area contributed by atoms with Crippen LogP contribution in [-0.4, -0.2) is 0 Å². The van der Waals surface area contributed by atoms with Crippen molar-refractivity contribution in [3.63, 3.8) is 0 Å². The molecule has 0 bridgehead atoms. The first-order valence-corrected chi connectivity index (χ1v) is 6.50. The van der Waals surface area contributed by atoms with E-state index in [9.17, 15) is 4.39 Å². The van der Waals surface area contributed by atoms with E-state index in [1.807, 2.05) is 55.5 Å². The Morgan fingerprint density at radius 1 is 1.05 bits per heavy atom. The standard InChI is InChI=1S/C18H15F/c1-3-12(2)15-10-6-8-14-11-13-7-4-5-9-16(13)18(19)17(14)15/h4-11H,2-3H2,1H3. The van der Waals surface area contributed by atoms with E-state index in [1.165, 1.54) is 0 Å². The molecular formula is C18H15F. The summed E-state index contributed by atoms with van der Waals surface area (Å²) in [7, 11) is 0. The summed E-state index contributed by atoms with van der Waals surface area (Å²) in [5.41, 5.74) is 1.89. The Bertz CT molecular complexity index is 784. The van der Waals surface area contributed by atoms with Gasteiger partial charge < -0.3 is 0 Å². The molecule has 0 aliphatic heterocycles. The van der Waals surface area contributed by atoms with Crippen LogP contribution in [0.5, 0.6) is 0 Å². The molecule has 0 aliphatic carbocycles. The molecule has 19 heavy (non-hydrogen) atoms. The van der Waals surface area contributed by atoms with Crippen LogP contribution in [0.3, 0.4) is 0 Å². The van der Waals surface area contributed by atoms with Crippen LogP contribution in [0.25, 0.3) is 27.1 Å². The van der Waals surface area contributed by atoms with Gasteiger partial charge in [0.15, 0.2) is 0 Å². The van der Waals surface area contributed by atoms with Crippen LogP contribution in [0.15, 0.2) is 55.1 Å². The minimum atomic E-state index is -0.140. The highest BCUT2D eigenvalue weighted by molar-refractivity contribution is 6.03. The van der Waals surface area contributed by atoms with Crippen LogP contribution in [0.2, 0.25) is 0 Å². The van der Waals surface area contributed by atoms with E-state index >= 15 is 0 Å². The summed E-state index contributed by atoms with van der Waals surface area (Å²) in [6.45, 7) is 6.09. The quantitative estimate of drug-likeness (QED) is 0.523. The summed E-state index contributed by atoms with van der Waals surface area (Å²) in [5.74, 6) is -0.140. The molecule has 0 amide bonds. The molecule has 0 spiro atoms. The molecule has 0 aliphatic rings. The van der Waals surface area contributed by atoms with Crippen molar-refractivity contribution in [1.82, 2.24) is 0 Å². The van der Waals surface area contributed by atoms with Crippen LogP contribution in [0, 0.1) is 5.82 Å². The summed E-state index contributed by atoms with van der Waals surface area (Å²) < 4.78 is 14.8. The average Bonchev–Trinajstić information content (AvgIpc) is 2.46. The third kappa shape index (κ3) is 1.82. The Balaban J connectivity index is 2.49. The van der Waals surface area contributed by atoms with Gasteiger partial charge in [-0.1, -0.05) is 56.0 Å². The first-order valence-electron chi connectivity index (χ1n) is 6.50. The van der Waals surface area contributed by atoms with E-state index in [-0.39, 0.29) is 5.82 Å². The Hall–Kier alpha value is -2.15. The van der Waals surface area contributed by atoms with Gasteiger partial charge in [-0.25, -0.2) is 4.39 Å². The fraction of sp³-hybridized carbons (Fsp3) is 0.111. The molecule has 0 aromatic heterocycles. The third-order valence-corrected chi connectivity index (χ3v) is 3.63. The molecule has 0 unspecified atom stereocenters. The zero-order valence-electron chi connectivity index (χ0n) is 10.9. The van der Waals surface area contributed by atoms with Gasteiger partial charge in [-0.15, -0.1) is 0 Å². The number of hydrogen-bond donors (Lipinski definition) is 0. The molecule has 0 nitrogen and oxygen atoms in total. The van der Waals surface area contributed by atoms with Crippen LogP contribution in [0.4, 0.5) is 4.39 Å². The highest BCUT2D eigenvalue weighted by atomic mass is 19.1. The minimum Gasteiger partial charge on any atom is -0.206 e. The Labute approximate surface area is 112 Å². The van der Waals surface area contributed by atoms with E-state index in [0.717, 1.165) is 28.3 Å². The van der Waals surface area contributed by atoms with Gasteiger partial charge >= 0.3 is 0 Å². The summed E-state index contributed by atoms with van der Waals surface area (Å²) in [6, 6.07) is 15.5. The van der Waals surface area contributed by atoms with Gasteiger partial charge in [-0.05, 0) is 34.4 Å². The van der Waals surface area contributed by atoms with Gasteiger partial charge in [-0.2, -0.15) is 0 Å². The normalized spacial score (nSPS) is 11.1. The topological polar surface area (TPSA) is 0 Å². The lowest BCUT2D eigenvalue weighted by atomic mass is 9.94. The van der Waals surface area contributed by atoms with Crippen molar-refractivity contribution >= 4 is 27.1 Å². The smallest absolute Gasteiger partial charge is 0.139 e. The molecule has 94 valence electrons. The van der Waals surface area contributed by atoms with Gasteiger partial charge in [0.25, 0.3) is 0 Å². The number of fused-ring (bicyclic) bond motifs is 2. The minimum absolute atomic E-state index is 0.140. The number of halogens is 1. The number of allylic oxidation sites excluding steroid dienone is 1. The van der Waals surface area contributed by atoms with E-state index in [4.69, 9.17) is 0 Å². The Morgan fingerprint density at radius 3 is 2.58 bits per heavy atom. The first kappa shape index (κ1) is 11.9. The summed E-state index contributed by atoms with van der Waals surface area (Å²) in [4.78, 5) is 0. The van der Waals surface area contributed by atoms with Crippen molar-refractivity contribution < 1.29 is 4.39 Å². The summed E-state index contributed by atoms with van der Waals surface area (Å²) in [5, 5.41) is 3.23. The van der Waals surface area contributed by atoms with E-state index in [0.29, 0.717) is 10.8 Å². The van der Waals surface area contributed by atoms with E-state index in [2.05, 4.69) is 6.58 Å². The van der Waals surface area contributed by atoms with Crippen molar-refractivity contribution in [3.05, 3.63) is 66.5 Å². The van der Waals surface area contributed by atoms with Crippen molar-refractivity contribution in [2.75, 3.05) is 0 Å². The molecule has 0 saturated heterocycles. The zero-order valence-corrected chi connectivity index (χ0v) is 10.9. The number of rotatable bonds is 2. The fourth-order valence-electron chi connectivity index (χ4n) is 2.55. The third-order valence-electron chi connectivity index (χ3n) is 3.63. The van der Waals surface area contributed by atoms with Gasteiger partial charge in [0.2, 0.25) is 0 Å². The van der Waals surface area contributed by atoms with Crippen molar-refractivity contribution in [2.45, 2.75) is 13.3 Å². The second-order valence-corrected chi connectivity index (χ2v) is 4.77. The molecule has 0 radical (unpaired) electrons. The SMILES string of the molecule is C=C(CC)c1cccc2cc3ccccc3c(F)c12. The molecule has 0 heterocycles. The molecule has 0 N–H and O–H groups in total. The highest BCUT2D eigenvalue weighted by Crippen LogP contribution is 2.32. The van der Waals surface area contributed by atoms with Crippen molar-refractivity contribution in [3.8, 4) is 0 Å². The van der Waals surface area contributed by atoms with E-state index < -0.39 is 0 Å². The largest absolute Gasteiger partial charge is 0.206 e. The summed E-state index contributed by atoms with van der Waals surface area (Å²) in [6.07, 6.45) is 0.825. The second-order valence-electron chi connectivity index (χ2n) is 4.77. The monoisotopic (exact) mass is 250 g/mol. The Kier molecular flexibility index (Phi) is 2.83. The molecule has 0 fully saturated rings. The maximum absolute atomic E-state index is 14.8. The molecule has 0 atom stereocenters. The molecule has 3 aromatic carbocycles. The van der Waals surface area contributed by atoms with Crippen molar-refractivity contribution in [2.24, 2.45) is 0 Å². The van der Waals surface area contributed by atoms with Crippen LogP contribution >= 0.6 is 0 Å². The van der Waals surface area contributed by atoms with E-state index in [1.54, 1.807) is 0 Å². The van der Waals surface area contributed by atoms with Gasteiger partial charge in [-0.3, -0.25) is 0 Å². The molecule has 0 saturated carbocycles. The van der Waals surface area contributed by atoms with Crippen molar-refractivity contribution in [1.29, 1.82) is 0 Å². The lowest BCUT2D eigenvalue weighted by Crippen LogP contribution is -1.90. The van der Waals surface area contributed by atoms with Gasteiger partial charge in [0, 0.05) is 10.8 Å². The zero-order chi connectivity index (χ0) is 13.4. The average molecular weight is 250 g/mol. The predicted molar refractivity (Wildman–Crippen MR) is 80.7 cm³/mol. The maximum atomic E-state index is 14.8. The molecule has 3 aromatic rings. The molecule has 3 rings (SSSR count). The predicted octanol–water partition coefficient (Wildman–Crippen LogP) is 5.56.